The Kier molecular flexibility index (Phi) is 4.85. The number of thiazole rings is 1. The minimum Gasteiger partial charge on any atom is -0.378 e. The number of anilines is 1. The van der Waals surface area contributed by atoms with Crippen LogP contribution in [0.2, 0.25) is 0 Å². The molecule has 0 saturated heterocycles. The summed E-state index contributed by atoms with van der Waals surface area (Å²) in [5, 5.41) is 10.8. The third-order valence-electron chi connectivity index (χ3n) is 3.86. The summed E-state index contributed by atoms with van der Waals surface area (Å²) in [6.45, 7) is 1.17. The number of methoxy groups -OCH3 is 1. The third-order valence-corrected chi connectivity index (χ3v) is 4.80. The van der Waals surface area contributed by atoms with Crippen LogP contribution in [-0.4, -0.2) is 38.2 Å². The van der Waals surface area contributed by atoms with Crippen molar-refractivity contribution in [2.75, 3.05) is 19.0 Å². The summed E-state index contributed by atoms with van der Waals surface area (Å²) in [4.78, 5) is 13.3. The Hall–Kier alpha value is -2.84. The van der Waals surface area contributed by atoms with Crippen LogP contribution in [0.1, 0.15) is 11.4 Å². The van der Waals surface area contributed by atoms with Gasteiger partial charge in [0.25, 0.3) is 5.78 Å². The van der Waals surface area contributed by atoms with Gasteiger partial charge in [-0.15, -0.1) is 11.3 Å². The molecule has 26 heavy (non-hydrogen) atoms. The molecule has 0 bridgehead atoms. The van der Waals surface area contributed by atoms with Crippen LogP contribution in [0.5, 0.6) is 0 Å². The average Bonchev–Trinajstić information content (AvgIpc) is 3.32. The second-order valence-electron chi connectivity index (χ2n) is 5.72. The zero-order valence-electron chi connectivity index (χ0n) is 14.3. The molecular weight excluding hydrogens is 348 g/mol. The van der Waals surface area contributed by atoms with Gasteiger partial charge in [0.15, 0.2) is 0 Å². The Morgan fingerprint density at radius 2 is 2.04 bits per heavy atom. The number of hydrogen-bond acceptors (Lipinski definition) is 7. The van der Waals surface area contributed by atoms with Crippen LogP contribution in [-0.2, 0) is 17.8 Å². The summed E-state index contributed by atoms with van der Waals surface area (Å²) in [5.41, 5.74) is 3.04. The summed E-state index contributed by atoms with van der Waals surface area (Å²) in [5.74, 6) is 1.40. The molecule has 0 amide bonds. The van der Waals surface area contributed by atoms with E-state index in [0.29, 0.717) is 12.4 Å². The highest BCUT2D eigenvalue weighted by molar-refractivity contribution is 7.13. The molecule has 0 spiro atoms. The molecule has 0 aliphatic heterocycles. The van der Waals surface area contributed by atoms with Gasteiger partial charge in [-0.2, -0.15) is 14.6 Å². The number of nitrogens with one attached hydrogen (secondary N) is 1. The molecule has 4 aromatic rings. The monoisotopic (exact) mass is 366 g/mol. The van der Waals surface area contributed by atoms with E-state index in [-0.39, 0.29) is 0 Å². The van der Waals surface area contributed by atoms with E-state index in [2.05, 4.69) is 37.9 Å². The fourth-order valence-electron chi connectivity index (χ4n) is 2.66. The van der Waals surface area contributed by atoms with Crippen molar-refractivity contribution in [3.63, 3.8) is 0 Å². The van der Waals surface area contributed by atoms with E-state index >= 15 is 0 Å². The minimum absolute atomic E-state index is 0.435. The van der Waals surface area contributed by atoms with Crippen molar-refractivity contribution in [2.45, 2.75) is 13.0 Å². The smallest absolute Gasteiger partial charge is 0.254 e. The quantitative estimate of drug-likeness (QED) is 0.542. The van der Waals surface area contributed by atoms with Crippen molar-refractivity contribution in [1.82, 2.24) is 24.6 Å². The standard InChI is InChI=1S/C18H18N6OS/c1-25-10-15-9-16(24-18(23-15)20-12-21-24)19-8-7-14-11-26-17(22-14)13-5-3-2-4-6-13/h2-6,9,11-12,19H,7-8,10H2,1H3. The number of ether oxygens (including phenoxy) is 1. The predicted octanol–water partition coefficient (Wildman–Crippen LogP) is 3.05. The van der Waals surface area contributed by atoms with Gasteiger partial charge in [0, 0.05) is 37.1 Å². The van der Waals surface area contributed by atoms with Gasteiger partial charge in [-0.25, -0.2) is 9.97 Å². The van der Waals surface area contributed by atoms with Crippen molar-refractivity contribution in [1.29, 1.82) is 0 Å². The topological polar surface area (TPSA) is 77.2 Å². The van der Waals surface area contributed by atoms with Crippen molar-refractivity contribution < 1.29 is 4.74 Å². The highest BCUT2D eigenvalue weighted by Crippen LogP contribution is 2.23. The fraction of sp³-hybridized carbons (Fsp3) is 0.222. The minimum atomic E-state index is 0.435. The van der Waals surface area contributed by atoms with Crippen molar-refractivity contribution >= 4 is 22.9 Å². The molecule has 0 saturated carbocycles. The Labute approximate surface area is 154 Å². The van der Waals surface area contributed by atoms with Gasteiger partial charge in [-0.3, -0.25) is 0 Å². The lowest BCUT2D eigenvalue weighted by molar-refractivity contribution is 0.181. The van der Waals surface area contributed by atoms with Gasteiger partial charge in [0.05, 0.1) is 18.0 Å². The number of fused-ring (bicyclic) bond motifs is 1. The molecule has 0 radical (unpaired) electrons. The molecule has 132 valence electrons. The van der Waals surface area contributed by atoms with E-state index < -0.39 is 0 Å². The fourth-order valence-corrected chi connectivity index (χ4v) is 3.52. The summed E-state index contributed by atoms with van der Waals surface area (Å²) in [6.07, 6.45) is 2.32. The van der Waals surface area contributed by atoms with Crippen LogP contribution in [0.25, 0.3) is 16.3 Å². The SMILES string of the molecule is COCc1cc(NCCc2csc(-c3ccccc3)n2)n2ncnc2n1. The second kappa shape index (κ2) is 7.59. The molecule has 3 aromatic heterocycles. The normalized spacial score (nSPS) is 11.1. The first-order valence-corrected chi connectivity index (χ1v) is 9.14. The number of hydrogen-bond donors (Lipinski definition) is 1. The molecule has 1 aromatic carbocycles. The van der Waals surface area contributed by atoms with E-state index in [9.17, 15) is 0 Å². The number of benzene rings is 1. The van der Waals surface area contributed by atoms with Crippen LogP contribution < -0.4 is 5.32 Å². The van der Waals surface area contributed by atoms with Crippen LogP contribution in [0.15, 0.2) is 48.1 Å². The molecule has 0 aliphatic carbocycles. The maximum absolute atomic E-state index is 5.17. The summed E-state index contributed by atoms with van der Waals surface area (Å²) in [6, 6.07) is 12.2. The molecule has 7 nitrogen and oxygen atoms in total. The Morgan fingerprint density at radius 1 is 1.15 bits per heavy atom. The number of rotatable bonds is 7. The Bertz CT molecular complexity index is 997. The van der Waals surface area contributed by atoms with E-state index in [1.165, 1.54) is 6.33 Å². The maximum atomic E-state index is 5.17. The molecule has 0 atom stereocenters. The average molecular weight is 366 g/mol. The summed E-state index contributed by atoms with van der Waals surface area (Å²) < 4.78 is 6.86. The Morgan fingerprint density at radius 3 is 2.88 bits per heavy atom. The lowest BCUT2D eigenvalue weighted by atomic mass is 10.2. The van der Waals surface area contributed by atoms with Gasteiger partial charge in [-0.05, 0) is 0 Å². The van der Waals surface area contributed by atoms with Crippen molar-refractivity contribution in [3.05, 3.63) is 59.5 Å². The molecule has 1 N–H and O–H groups in total. The van der Waals surface area contributed by atoms with E-state index in [0.717, 1.165) is 40.7 Å². The van der Waals surface area contributed by atoms with E-state index in [1.54, 1.807) is 23.0 Å². The highest BCUT2D eigenvalue weighted by atomic mass is 32.1. The number of aromatic nitrogens is 5. The molecule has 0 fully saturated rings. The van der Waals surface area contributed by atoms with Crippen molar-refractivity contribution in [2.24, 2.45) is 0 Å². The van der Waals surface area contributed by atoms with Gasteiger partial charge < -0.3 is 10.1 Å². The molecule has 8 heteroatoms. The van der Waals surface area contributed by atoms with Crippen LogP contribution in [0.4, 0.5) is 5.82 Å². The van der Waals surface area contributed by atoms with Gasteiger partial charge in [0.1, 0.15) is 17.2 Å². The maximum Gasteiger partial charge on any atom is 0.254 e. The highest BCUT2D eigenvalue weighted by Gasteiger charge is 2.08. The summed E-state index contributed by atoms with van der Waals surface area (Å²) >= 11 is 1.67. The first kappa shape index (κ1) is 16.6. The van der Waals surface area contributed by atoms with Crippen molar-refractivity contribution in [3.8, 4) is 10.6 Å². The van der Waals surface area contributed by atoms with Gasteiger partial charge >= 0.3 is 0 Å². The largest absolute Gasteiger partial charge is 0.378 e. The molecule has 3 heterocycles. The molecule has 0 aliphatic rings. The first-order valence-electron chi connectivity index (χ1n) is 8.26. The van der Waals surface area contributed by atoms with Gasteiger partial charge in [-0.1, -0.05) is 30.3 Å². The van der Waals surface area contributed by atoms with Crippen LogP contribution in [0.3, 0.4) is 0 Å². The lowest BCUT2D eigenvalue weighted by Crippen LogP contribution is -2.11. The van der Waals surface area contributed by atoms with E-state index in [1.807, 2.05) is 24.3 Å². The molecule has 4 rings (SSSR count). The molecule has 0 unspecified atom stereocenters. The molecular formula is C18H18N6OS. The second-order valence-corrected chi connectivity index (χ2v) is 6.58. The Balaban J connectivity index is 1.44. The summed E-state index contributed by atoms with van der Waals surface area (Å²) in [7, 11) is 1.65. The predicted molar refractivity (Wildman–Crippen MR) is 101 cm³/mol. The zero-order valence-corrected chi connectivity index (χ0v) is 15.1. The van der Waals surface area contributed by atoms with Crippen LogP contribution in [0, 0.1) is 0 Å². The van der Waals surface area contributed by atoms with Gasteiger partial charge in [0.2, 0.25) is 0 Å². The first-order chi connectivity index (χ1) is 12.8. The van der Waals surface area contributed by atoms with E-state index in [4.69, 9.17) is 9.72 Å². The number of nitrogens with zero attached hydrogens (tertiary/aromatic N) is 5. The zero-order chi connectivity index (χ0) is 17.8. The lowest BCUT2D eigenvalue weighted by Gasteiger charge is -2.09. The third kappa shape index (κ3) is 3.56. The van der Waals surface area contributed by atoms with Crippen LogP contribution >= 0.6 is 11.3 Å².